The zero-order valence-corrected chi connectivity index (χ0v) is 13.8. The van der Waals surface area contributed by atoms with Crippen LogP contribution in [0.25, 0.3) is 0 Å². The molecule has 1 spiro atoms. The summed E-state index contributed by atoms with van der Waals surface area (Å²) in [4.78, 5) is 11.3. The van der Waals surface area contributed by atoms with E-state index >= 15 is 0 Å². The molecule has 3 nitrogen and oxygen atoms in total. The van der Waals surface area contributed by atoms with Gasteiger partial charge < -0.3 is 9.47 Å². The summed E-state index contributed by atoms with van der Waals surface area (Å²) < 4.78 is 11.9. The monoisotopic (exact) mass is 292 g/mol. The van der Waals surface area contributed by atoms with E-state index in [1.54, 1.807) is 0 Å². The molecule has 4 atom stereocenters. The fraction of sp³-hybridized carbons (Fsp3) is 0.833. The predicted octanol–water partition coefficient (Wildman–Crippen LogP) is 3.73. The maximum atomic E-state index is 11.3. The number of rotatable bonds is 2. The minimum absolute atomic E-state index is 0.0519. The molecule has 0 unspecified atom stereocenters. The number of fused-ring (bicyclic) bond motifs is 3. The van der Waals surface area contributed by atoms with Gasteiger partial charge in [0.05, 0.1) is 18.8 Å². The molecule has 0 radical (unpaired) electrons. The molecule has 1 aliphatic heterocycles. The van der Waals surface area contributed by atoms with Crippen LogP contribution in [0.5, 0.6) is 0 Å². The van der Waals surface area contributed by atoms with Gasteiger partial charge in [0, 0.05) is 18.3 Å². The maximum Gasteiger partial charge on any atom is 0.302 e. The number of carbonyl (C=O) groups is 1. The lowest BCUT2D eigenvalue weighted by Crippen LogP contribution is -2.61. The smallest absolute Gasteiger partial charge is 0.302 e. The Kier molecular flexibility index (Phi) is 3.67. The summed E-state index contributed by atoms with van der Waals surface area (Å²) in [7, 11) is 0. The van der Waals surface area contributed by atoms with Gasteiger partial charge in [0.2, 0.25) is 0 Å². The average Bonchev–Trinajstić information content (AvgIpc) is 2.86. The van der Waals surface area contributed by atoms with E-state index in [1.807, 2.05) is 0 Å². The third kappa shape index (κ3) is 2.16. The van der Waals surface area contributed by atoms with E-state index in [-0.39, 0.29) is 17.0 Å². The Morgan fingerprint density at radius 1 is 1.38 bits per heavy atom. The highest BCUT2D eigenvalue weighted by molar-refractivity contribution is 5.66. The highest BCUT2D eigenvalue weighted by Gasteiger charge is 2.60. The minimum atomic E-state index is -0.187. The molecule has 0 aromatic heterocycles. The Hall–Kier alpha value is -0.830. The molecule has 0 aromatic rings. The number of carbonyl (C=O) groups excluding carboxylic acids is 1. The van der Waals surface area contributed by atoms with Crippen molar-refractivity contribution in [3.63, 3.8) is 0 Å². The topological polar surface area (TPSA) is 35.5 Å². The predicted molar refractivity (Wildman–Crippen MR) is 81.8 cm³/mol. The lowest BCUT2D eigenvalue weighted by molar-refractivity contribution is -0.217. The largest absolute Gasteiger partial charge is 0.465 e. The van der Waals surface area contributed by atoms with Crippen molar-refractivity contribution in [3.05, 3.63) is 11.6 Å². The number of allylic oxidation sites excluding steroid dienone is 1. The molecule has 1 saturated carbocycles. The molecular formula is C18H28O3. The van der Waals surface area contributed by atoms with E-state index in [9.17, 15) is 4.79 Å². The van der Waals surface area contributed by atoms with Crippen molar-refractivity contribution in [2.45, 2.75) is 59.0 Å². The summed E-state index contributed by atoms with van der Waals surface area (Å²) in [6.07, 6.45) is 7.35. The third-order valence-corrected chi connectivity index (χ3v) is 6.51. The van der Waals surface area contributed by atoms with Crippen molar-refractivity contribution in [1.82, 2.24) is 0 Å². The number of hydrogen-bond donors (Lipinski definition) is 0. The van der Waals surface area contributed by atoms with Gasteiger partial charge >= 0.3 is 5.97 Å². The van der Waals surface area contributed by atoms with Crippen LogP contribution in [0.1, 0.15) is 53.4 Å². The molecule has 21 heavy (non-hydrogen) atoms. The van der Waals surface area contributed by atoms with Crippen LogP contribution in [0.15, 0.2) is 11.6 Å². The fourth-order valence-corrected chi connectivity index (χ4v) is 5.28. The second kappa shape index (κ2) is 5.12. The summed E-state index contributed by atoms with van der Waals surface area (Å²) in [5.41, 5.74) is 1.49. The molecule has 1 saturated heterocycles. The summed E-state index contributed by atoms with van der Waals surface area (Å²) in [5.74, 6) is 1.19. The van der Waals surface area contributed by atoms with Gasteiger partial charge in [-0.3, -0.25) is 4.79 Å². The Morgan fingerprint density at radius 3 is 2.67 bits per heavy atom. The molecule has 118 valence electrons. The SMILES string of the molecule is CC(=O)OC[C@@]12COC3(CCCC3)[C@@H](C(C)=C[C@@H]1C)[C@@H]2C. The van der Waals surface area contributed by atoms with E-state index in [4.69, 9.17) is 9.47 Å². The fourth-order valence-electron chi connectivity index (χ4n) is 5.28. The quantitative estimate of drug-likeness (QED) is 0.574. The van der Waals surface area contributed by atoms with Crippen LogP contribution >= 0.6 is 0 Å². The van der Waals surface area contributed by atoms with Crippen molar-refractivity contribution in [3.8, 4) is 0 Å². The van der Waals surface area contributed by atoms with E-state index < -0.39 is 0 Å². The second-order valence-electron chi connectivity index (χ2n) is 7.54. The number of hydrogen-bond acceptors (Lipinski definition) is 3. The van der Waals surface area contributed by atoms with Gasteiger partial charge in [-0.05, 0) is 31.6 Å². The first-order valence-electron chi connectivity index (χ1n) is 8.37. The van der Waals surface area contributed by atoms with Crippen molar-refractivity contribution in [2.75, 3.05) is 13.2 Å². The molecule has 2 bridgehead atoms. The lowest BCUT2D eigenvalue weighted by Gasteiger charge is -2.59. The Bertz CT molecular complexity index is 461. The van der Waals surface area contributed by atoms with Gasteiger partial charge in [-0.2, -0.15) is 0 Å². The van der Waals surface area contributed by atoms with Crippen LogP contribution < -0.4 is 0 Å². The highest BCUT2D eigenvalue weighted by Crippen LogP contribution is 2.59. The van der Waals surface area contributed by atoms with E-state index in [1.165, 1.54) is 38.2 Å². The standard InChI is InChI=1S/C18H28O3/c1-12-9-13(2)17(10-20-15(4)19)11-21-18(7-5-6-8-18)16(12)14(17)3/h9,13-14,16H,5-8,10-11H2,1-4H3/t13-,14-,16-,17+/m0/s1. The molecule has 3 heteroatoms. The van der Waals surface area contributed by atoms with Gasteiger partial charge in [-0.1, -0.05) is 38.3 Å². The van der Waals surface area contributed by atoms with Crippen LogP contribution in [-0.2, 0) is 14.3 Å². The highest BCUT2D eigenvalue weighted by atomic mass is 16.5. The molecule has 2 aliphatic carbocycles. The normalized spacial score (nSPS) is 41.0. The lowest BCUT2D eigenvalue weighted by atomic mass is 9.53. The molecule has 3 rings (SSSR count). The van der Waals surface area contributed by atoms with E-state index in [0.29, 0.717) is 24.4 Å². The third-order valence-electron chi connectivity index (χ3n) is 6.51. The Labute approximate surface area is 128 Å². The van der Waals surface area contributed by atoms with Crippen LogP contribution in [0.3, 0.4) is 0 Å². The molecule has 1 heterocycles. The molecule has 2 fully saturated rings. The van der Waals surface area contributed by atoms with Gasteiger partial charge in [0.15, 0.2) is 0 Å². The molecule has 3 aliphatic rings. The van der Waals surface area contributed by atoms with Crippen molar-refractivity contribution in [2.24, 2.45) is 23.2 Å². The Balaban J connectivity index is 1.95. The second-order valence-corrected chi connectivity index (χ2v) is 7.54. The van der Waals surface area contributed by atoms with E-state index in [2.05, 4.69) is 26.8 Å². The van der Waals surface area contributed by atoms with Crippen molar-refractivity contribution >= 4 is 5.97 Å². The van der Waals surface area contributed by atoms with Gasteiger partial charge in [0.25, 0.3) is 0 Å². The molecule has 0 amide bonds. The van der Waals surface area contributed by atoms with Crippen molar-refractivity contribution in [1.29, 1.82) is 0 Å². The van der Waals surface area contributed by atoms with Crippen LogP contribution in [-0.4, -0.2) is 24.8 Å². The maximum absolute atomic E-state index is 11.3. The molecule has 0 N–H and O–H groups in total. The first-order valence-corrected chi connectivity index (χ1v) is 8.37. The zero-order chi connectivity index (χ0) is 15.3. The van der Waals surface area contributed by atoms with Crippen LogP contribution in [0, 0.1) is 23.2 Å². The zero-order valence-electron chi connectivity index (χ0n) is 13.8. The molecular weight excluding hydrogens is 264 g/mol. The average molecular weight is 292 g/mol. The van der Waals surface area contributed by atoms with Gasteiger partial charge in [-0.25, -0.2) is 0 Å². The van der Waals surface area contributed by atoms with Gasteiger partial charge in [0.1, 0.15) is 0 Å². The number of esters is 1. The van der Waals surface area contributed by atoms with Crippen LogP contribution in [0.4, 0.5) is 0 Å². The Morgan fingerprint density at radius 2 is 2.05 bits per heavy atom. The van der Waals surface area contributed by atoms with E-state index in [0.717, 1.165) is 6.61 Å². The summed E-state index contributed by atoms with van der Waals surface area (Å²) in [5, 5.41) is 0. The van der Waals surface area contributed by atoms with Crippen molar-refractivity contribution < 1.29 is 14.3 Å². The van der Waals surface area contributed by atoms with Gasteiger partial charge in [-0.15, -0.1) is 0 Å². The first-order chi connectivity index (χ1) is 9.91. The summed E-state index contributed by atoms with van der Waals surface area (Å²) >= 11 is 0. The number of ether oxygens (including phenoxy) is 2. The summed E-state index contributed by atoms with van der Waals surface area (Å²) in [6, 6.07) is 0. The van der Waals surface area contributed by atoms with Crippen LogP contribution in [0.2, 0.25) is 0 Å². The first kappa shape index (κ1) is 15.1. The minimum Gasteiger partial charge on any atom is -0.465 e. The summed E-state index contributed by atoms with van der Waals surface area (Å²) in [6.45, 7) is 9.57. The molecule has 0 aromatic carbocycles.